The molecule has 7 nitrogen and oxygen atoms in total. The lowest BCUT2D eigenvalue weighted by Gasteiger charge is -2.40. The van der Waals surface area contributed by atoms with Crippen LogP contribution in [0, 0.1) is 0 Å². The molecule has 4 aliphatic rings. The van der Waals surface area contributed by atoms with E-state index in [1.807, 2.05) is 24.4 Å². The van der Waals surface area contributed by atoms with E-state index in [4.69, 9.17) is 9.47 Å². The summed E-state index contributed by atoms with van der Waals surface area (Å²) >= 11 is 0. The van der Waals surface area contributed by atoms with Crippen LogP contribution < -0.4 is 4.74 Å². The average Bonchev–Trinajstić information content (AvgIpc) is 3.40. The van der Waals surface area contributed by atoms with Gasteiger partial charge in [-0.3, -0.25) is 9.59 Å². The van der Waals surface area contributed by atoms with Crippen LogP contribution in [0.3, 0.4) is 0 Å². The number of nitrogens with one attached hydrogen (secondary N) is 1. The van der Waals surface area contributed by atoms with E-state index in [2.05, 4.69) is 38.7 Å². The molecule has 0 spiro atoms. The number of nitrogens with zero attached hydrogens (tertiary/aromatic N) is 2. The molecular weight excluding hydrogens is 430 g/mol. The minimum atomic E-state index is -0.558. The third-order valence-corrected chi connectivity index (χ3v) is 7.77. The highest BCUT2D eigenvalue weighted by atomic mass is 16.5. The summed E-state index contributed by atoms with van der Waals surface area (Å²) in [6.45, 7) is 9.01. The molecule has 2 aromatic rings. The number of ether oxygens (including phenoxy) is 2. The Labute approximate surface area is 199 Å². The molecule has 0 unspecified atom stereocenters. The Kier molecular flexibility index (Phi) is 4.41. The zero-order valence-corrected chi connectivity index (χ0v) is 20.4. The number of rotatable bonds is 1. The van der Waals surface area contributed by atoms with Gasteiger partial charge in [-0.15, -0.1) is 0 Å². The highest BCUT2D eigenvalue weighted by molar-refractivity contribution is 6.06. The summed E-state index contributed by atoms with van der Waals surface area (Å²) in [5.41, 5.74) is 3.99. The summed E-state index contributed by atoms with van der Waals surface area (Å²) < 4.78 is 12.2. The molecule has 2 amide bonds. The topological polar surface area (TPSA) is 74.9 Å². The van der Waals surface area contributed by atoms with Gasteiger partial charge in [0.2, 0.25) is 0 Å². The molecule has 0 bridgehead atoms. The normalized spacial score (nSPS) is 27.7. The first-order valence-corrected chi connectivity index (χ1v) is 12.0. The Morgan fingerprint density at radius 1 is 1.18 bits per heavy atom. The molecule has 2 atom stereocenters. The second-order valence-electron chi connectivity index (χ2n) is 11.0. The highest BCUT2D eigenvalue weighted by Crippen LogP contribution is 2.47. The molecule has 1 aromatic carbocycles. The van der Waals surface area contributed by atoms with Gasteiger partial charge in [0.25, 0.3) is 11.8 Å². The summed E-state index contributed by atoms with van der Waals surface area (Å²) in [4.78, 5) is 33.8. The van der Waals surface area contributed by atoms with Gasteiger partial charge in [0.15, 0.2) is 0 Å². The zero-order valence-electron chi connectivity index (χ0n) is 20.4. The number of hydrogen-bond donors (Lipinski definition) is 1. The number of hydrogen-bond acceptors (Lipinski definition) is 4. The molecule has 7 heteroatoms. The van der Waals surface area contributed by atoms with Crippen LogP contribution in [0.4, 0.5) is 0 Å². The predicted octanol–water partition coefficient (Wildman–Crippen LogP) is 4.09. The molecule has 1 saturated heterocycles. The first-order chi connectivity index (χ1) is 16.1. The first kappa shape index (κ1) is 21.5. The standard InChI is InChI=1S/C27H31N3O4/c1-26(2)10-12-30-18(25(32)29-11-6-7-17(29)24(30)31)13-16-15-8-9-19-21(22(15)28-23(16)26)20(33-5)14-27(3,4)34-19/h7-10,12,18,20,28H,6,11,13-14H2,1-5H3/b12-10-/t18-,20-/m0/s1. The number of H-pyrrole nitrogens is 1. The molecule has 6 rings (SSSR count). The van der Waals surface area contributed by atoms with Crippen LogP contribution in [0.2, 0.25) is 0 Å². The molecule has 0 aliphatic carbocycles. The minimum absolute atomic E-state index is 0.00850. The molecule has 0 saturated carbocycles. The third kappa shape index (κ3) is 2.92. The van der Waals surface area contributed by atoms with Gasteiger partial charge in [0.1, 0.15) is 23.1 Å². The van der Waals surface area contributed by atoms with E-state index in [-0.39, 0.29) is 28.9 Å². The van der Waals surface area contributed by atoms with E-state index in [1.54, 1.807) is 16.9 Å². The molecule has 4 aliphatic heterocycles. The number of aromatic nitrogens is 1. The monoisotopic (exact) mass is 461 g/mol. The van der Waals surface area contributed by atoms with E-state index in [1.165, 1.54) is 0 Å². The molecule has 34 heavy (non-hydrogen) atoms. The van der Waals surface area contributed by atoms with Gasteiger partial charge in [-0.25, -0.2) is 0 Å². The largest absolute Gasteiger partial charge is 0.487 e. The minimum Gasteiger partial charge on any atom is -0.487 e. The summed E-state index contributed by atoms with van der Waals surface area (Å²) in [6.07, 6.45) is 7.55. The number of fused-ring (bicyclic) bond motifs is 7. The van der Waals surface area contributed by atoms with Gasteiger partial charge in [-0.1, -0.05) is 26.0 Å². The fourth-order valence-electron chi connectivity index (χ4n) is 6.05. The van der Waals surface area contributed by atoms with Crippen molar-refractivity contribution in [3.8, 4) is 5.75 Å². The smallest absolute Gasteiger partial charge is 0.274 e. The van der Waals surface area contributed by atoms with Crippen LogP contribution in [0.25, 0.3) is 10.9 Å². The van der Waals surface area contributed by atoms with Gasteiger partial charge in [0, 0.05) is 54.8 Å². The Morgan fingerprint density at radius 2 is 1.97 bits per heavy atom. The lowest BCUT2D eigenvalue weighted by molar-refractivity contribution is -0.147. The first-order valence-electron chi connectivity index (χ1n) is 12.0. The summed E-state index contributed by atoms with van der Waals surface area (Å²) in [7, 11) is 1.74. The summed E-state index contributed by atoms with van der Waals surface area (Å²) in [5.74, 6) is 0.728. The Balaban J connectivity index is 1.54. The lowest BCUT2D eigenvalue weighted by atomic mass is 9.82. The van der Waals surface area contributed by atoms with Crippen molar-refractivity contribution in [2.24, 2.45) is 0 Å². The van der Waals surface area contributed by atoms with E-state index < -0.39 is 6.04 Å². The maximum absolute atomic E-state index is 13.5. The maximum atomic E-state index is 13.5. The van der Waals surface area contributed by atoms with Crippen LogP contribution in [-0.2, 0) is 26.2 Å². The third-order valence-electron chi connectivity index (χ3n) is 7.77. The highest BCUT2D eigenvalue weighted by Gasteiger charge is 2.46. The van der Waals surface area contributed by atoms with E-state index in [9.17, 15) is 9.59 Å². The molecule has 0 radical (unpaired) electrons. The van der Waals surface area contributed by atoms with Crippen molar-refractivity contribution in [3.05, 3.63) is 53.0 Å². The van der Waals surface area contributed by atoms with Gasteiger partial charge in [-0.05, 0) is 38.0 Å². The van der Waals surface area contributed by atoms with Crippen molar-refractivity contribution in [3.63, 3.8) is 0 Å². The van der Waals surface area contributed by atoms with E-state index in [0.717, 1.165) is 46.3 Å². The Bertz CT molecular complexity index is 1300. The average molecular weight is 462 g/mol. The Morgan fingerprint density at radius 3 is 2.74 bits per heavy atom. The number of amides is 2. The van der Waals surface area contributed by atoms with Gasteiger partial charge in [-0.2, -0.15) is 0 Å². The molecule has 5 heterocycles. The van der Waals surface area contributed by atoms with E-state index >= 15 is 0 Å². The quantitative estimate of drug-likeness (QED) is 0.694. The summed E-state index contributed by atoms with van der Waals surface area (Å²) in [5, 5.41) is 1.06. The number of piperazine rings is 1. The molecule has 1 aromatic heterocycles. The number of carbonyl (C=O) groups is 2. The van der Waals surface area contributed by atoms with Gasteiger partial charge in [0.05, 0.1) is 11.6 Å². The second kappa shape index (κ2) is 6.98. The van der Waals surface area contributed by atoms with Gasteiger partial charge < -0.3 is 24.3 Å². The molecule has 1 fully saturated rings. The number of aromatic amines is 1. The van der Waals surface area contributed by atoms with Crippen molar-refractivity contribution in [1.82, 2.24) is 14.8 Å². The number of allylic oxidation sites excluding steroid dienone is 1. The second-order valence-corrected chi connectivity index (χ2v) is 11.0. The van der Waals surface area contributed by atoms with E-state index in [0.29, 0.717) is 18.7 Å². The number of benzene rings is 1. The molecule has 178 valence electrons. The maximum Gasteiger partial charge on any atom is 0.274 e. The van der Waals surface area contributed by atoms with Gasteiger partial charge >= 0.3 is 0 Å². The van der Waals surface area contributed by atoms with Crippen molar-refractivity contribution in [2.45, 2.75) is 70.1 Å². The van der Waals surface area contributed by atoms with Crippen LogP contribution in [0.1, 0.15) is 63.5 Å². The van der Waals surface area contributed by atoms with Crippen molar-refractivity contribution < 1.29 is 19.1 Å². The zero-order chi connectivity index (χ0) is 24.0. The van der Waals surface area contributed by atoms with Crippen LogP contribution in [0.5, 0.6) is 5.75 Å². The molecular formula is C27H31N3O4. The van der Waals surface area contributed by atoms with Crippen molar-refractivity contribution in [1.29, 1.82) is 0 Å². The van der Waals surface area contributed by atoms with Crippen LogP contribution >= 0.6 is 0 Å². The predicted molar refractivity (Wildman–Crippen MR) is 128 cm³/mol. The van der Waals surface area contributed by atoms with Crippen LogP contribution in [-0.4, -0.2) is 51.9 Å². The van der Waals surface area contributed by atoms with Crippen LogP contribution in [0.15, 0.2) is 36.2 Å². The number of carbonyl (C=O) groups excluding carboxylic acids is 2. The fraction of sp³-hybridized carbons (Fsp3) is 0.481. The Hall–Kier alpha value is -3.06. The SMILES string of the molecule is CO[C@H]1CC(C)(C)Oc2ccc3c4c([nH]c3c21)C(C)(C)/C=C\N1C(=O)C2=CCCN2C(=O)[C@@H]1C4. The van der Waals surface area contributed by atoms with Crippen molar-refractivity contribution >= 4 is 22.7 Å². The van der Waals surface area contributed by atoms with Crippen molar-refractivity contribution in [2.75, 3.05) is 13.7 Å². The number of methoxy groups -OCH3 is 1. The summed E-state index contributed by atoms with van der Waals surface area (Å²) in [6, 6.07) is 3.55. The lowest BCUT2D eigenvalue weighted by Crippen LogP contribution is -2.56. The fourth-order valence-corrected chi connectivity index (χ4v) is 6.05. The molecule has 1 N–H and O–H groups in total.